The molecule has 1 heterocycles. The summed E-state index contributed by atoms with van der Waals surface area (Å²) in [5, 5.41) is 4.97. The summed E-state index contributed by atoms with van der Waals surface area (Å²) in [7, 11) is 0. The van der Waals surface area contributed by atoms with Crippen molar-refractivity contribution in [1.29, 1.82) is 0 Å². The van der Waals surface area contributed by atoms with Gasteiger partial charge in [0.25, 0.3) is 5.91 Å². The molecule has 0 fully saturated rings. The summed E-state index contributed by atoms with van der Waals surface area (Å²) >= 11 is 5.39. The molecule has 0 radical (unpaired) electrons. The van der Waals surface area contributed by atoms with Crippen molar-refractivity contribution in [3.8, 4) is 0 Å². The van der Waals surface area contributed by atoms with E-state index >= 15 is 0 Å². The summed E-state index contributed by atoms with van der Waals surface area (Å²) in [6.45, 7) is 0. The van der Waals surface area contributed by atoms with E-state index in [4.69, 9.17) is 11.6 Å². The Morgan fingerprint density at radius 3 is 2.62 bits per heavy atom. The van der Waals surface area contributed by atoms with Crippen LogP contribution in [0.4, 0.5) is 15.8 Å². The van der Waals surface area contributed by atoms with Crippen LogP contribution < -0.4 is 10.6 Å². The molecule has 1 aromatic carbocycles. The number of hydrogen-bond donors (Lipinski definition) is 2. The zero-order valence-corrected chi connectivity index (χ0v) is 11.5. The number of alkyl halides is 1. The van der Waals surface area contributed by atoms with Crippen molar-refractivity contribution in [2.75, 3.05) is 16.5 Å². The zero-order valence-electron chi connectivity index (χ0n) is 10.8. The van der Waals surface area contributed by atoms with E-state index in [1.807, 2.05) is 0 Å². The van der Waals surface area contributed by atoms with Crippen molar-refractivity contribution in [3.63, 3.8) is 0 Å². The lowest BCUT2D eigenvalue weighted by molar-refractivity contribution is -0.113. The molecule has 2 amide bonds. The van der Waals surface area contributed by atoms with Gasteiger partial charge in [0.05, 0.1) is 11.4 Å². The van der Waals surface area contributed by atoms with Crippen LogP contribution in [0.2, 0.25) is 0 Å². The molecular formula is C14H11ClFN3O2. The van der Waals surface area contributed by atoms with Gasteiger partial charge in [0.1, 0.15) is 17.4 Å². The first-order valence-electron chi connectivity index (χ1n) is 5.98. The molecule has 0 saturated heterocycles. The van der Waals surface area contributed by atoms with Gasteiger partial charge in [-0.25, -0.2) is 4.39 Å². The van der Waals surface area contributed by atoms with Gasteiger partial charge in [-0.1, -0.05) is 6.07 Å². The van der Waals surface area contributed by atoms with Crippen LogP contribution in [-0.2, 0) is 4.79 Å². The van der Waals surface area contributed by atoms with Crippen LogP contribution in [0.3, 0.4) is 0 Å². The first-order chi connectivity index (χ1) is 10.1. The second kappa shape index (κ2) is 6.81. The summed E-state index contributed by atoms with van der Waals surface area (Å²) < 4.78 is 13.3. The number of aromatic nitrogens is 1. The van der Waals surface area contributed by atoms with Gasteiger partial charge >= 0.3 is 0 Å². The van der Waals surface area contributed by atoms with Crippen molar-refractivity contribution in [3.05, 3.63) is 54.1 Å². The van der Waals surface area contributed by atoms with E-state index in [1.165, 1.54) is 24.4 Å². The van der Waals surface area contributed by atoms with Gasteiger partial charge in [-0.05, 0) is 30.3 Å². The lowest BCUT2D eigenvalue weighted by Crippen LogP contribution is -2.18. The number of hydrogen-bond acceptors (Lipinski definition) is 3. The van der Waals surface area contributed by atoms with Gasteiger partial charge in [0, 0.05) is 6.20 Å². The highest BCUT2D eigenvalue weighted by atomic mass is 35.5. The maximum absolute atomic E-state index is 13.3. The van der Waals surface area contributed by atoms with Crippen LogP contribution >= 0.6 is 11.6 Å². The fourth-order valence-corrected chi connectivity index (χ4v) is 1.66. The summed E-state index contributed by atoms with van der Waals surface area (Å²) in [6, 6.07) is 8.50. The van der Waals surface area contributed by atoms with E-state index in [2.05, 4.69) is 15.6 Å². The number of halogens is 2. The Morgan fingerprint density at radius 2 is 1.95 bits per heavy atom. The average Bonchev–Trinajstić information content (AvgIpc) is 2.50. The summed E-state index contributed by atoms with van der Waals surface area (Å²) in [4.78, 5) is 27.2. The summed E-state index contributed by atoms with van der Waals surface area (Å²) in [6.07, 6.45) is 1.48. The smallest absolute Gasteiger partial charge is 0.274 e. The van der Waals surface area contributed by atoms with Gasteiger partial charge in [-0.2, -0.15) is 0 Å². The van der Waals surface area contributed by atoms with Crippen molar-refractivity contribution in [2.45, 2.75) is 0 Å². The molecule has 5 nitrogen and oxygen atoms in total. The standard InChI is InChI=1S/C14H11ClFN3O2/c15-8-13(20)18-12-7-9(16)4-5-10(12)19-14(21)11-3-1-2-6-17-11/h1-7H,8H2,(H,18,20)(H,19,21). The van der Waals surface area contributed by atoms with Gasteiger partial charge in [-0.3, -0.25) is 14.6 Å². The van der Waals surface area contributed by atoms with Crippen molar-refractivity contribution in [1.82, 2.24) is 4.98 Å². The Labute approximate surface area is 125 Å². The third-order valence-electron chi connectivity index (χ3n) is 2.52. The maximum atomic E-state index is 13.3. The van der Waals surface area contributed by atoms with Gasteiger partial charge in [0.2, 0.25) is 5.91 Å². The van der Waals surface area contributed by atoms with Crippen molar-refractivity contribution < 1.29 is 14.0 Å². The predicted octanol–water partition coefficient (Wildman–Crippen LogP) is 2.65. The molecule has 21 heavy (non-hydrogen) atoms. The highest BCUT2D eigenvalue weighted by Gasteiger charge is 2.12. The minimum atomic E-state index is -0.546. The Hall–Kier alpha value is -2.47. The minimum Gasteiger partial charge on any atom is -0.323 e. The van der Waals surface area contributed by atoms with E-state index in [0.29, 0.717) is 0 Å². The Balaban J connectivity index is 2.23. The van der Waals surface area contributed by atoms with Crippen LogP contribution in [0.5, 0.6) is 0 Å². The van der Waals surface area contributed by atoms with Crippen LogP contribution in [0, 0.1) is 5.82 Å². The van der Waals surface area contributed by atoms with Crippen LogP contribution in [0.15, 0.2) is 42.6 Å². The number of carbonyl (C=O) groups is 2. The minimum absolute atomic E-state index is 0.130. The Morgan fingerprint density at radius 1 is 1.14 bits per heavy atom. The van der Waals surface area contributed by atoms with Crippen molar-refractivity contribution >= 4 is 34.8 Å². The quantitative estimate of drug-likeness (QED) is 0.853. The lowest BCUT2D eigenvalue weighted by Gasteiger charge is -2.11. The van der Waals surface area contributed by atoms with Gasteiger partial charge < -0.3 is 10.6 Å². The monoisotopic (exact) mass is 307 g/mol. The first kappa shape index (κ1) is 14.9. The molecule has 0 saturated carbocycles. The number of pyridine rings is 1. The molecule has 7 heteroatoms. The molecule has 0 aliphatic rings. The molecule has 108 valence electrons. The fraction of sp³-hybridized carbons (Fsp3) is 0.0714. The molecule has 0 unspecified atom stereocenters. The molecule has 2 aromatic rings. The summed E-state index contributed by atoms with van der Waals surface area (Å²) in [5.41, 5.74) is 0.590. The van der Waals surface area contributed by atoms with E-state index in [-0.39, 0.29) is 22.9 Å². The second-order valence-corrected chi connectivity index (χ2v) is 4.31. The molecular weight excluding hydrogens is 297 g/mol. The average molecular weight is 308 g/mol. The van der Waals surface area contributed by atoms with E-state index in [1.54, 1.807) is 12.1 Å². The number of nitrogens with zero attached hydrogens (tertiary/aromatic N) is 1. The Bertz CT molecular complexity index is 665. The third kappa shape index (κ3) is 4.00. The molecule has 0 aliphatic carbocycles. The molecule has 2 N–H and O–H groups in total. The zero-order chi connectivity index (χ0) is 15.2. The molecule has 0 aliphatic heterocycles. The van der Waals surface area contributed by atoms with E-state index in [0.717, 1.165) is 6.07 Å². The number of amides is 2. The SMILES string of the molecule is O=C(CCl)Nc1cc(F)ccc1NC(=O)c1ccccn1. The molecule has 0 bridgehead atoms. The van der Waals surface area contributed by atoms with Crippen molar-refractivity contribution in [2.24, 2.45) is 0 Å². The lowest BCUT2D eigenvalue weighted by atomic mass is 10.2. The van der Waals surface area contributed by atoms with Crippen LogP contribution in [-0.4, -0.2) is 22.7 Å². The Kier molecular flexibility index (Phi) is 4.84. The maximum Gasteiger partial charge on any atom is 0.274 e. The molecule has 0 atom stereocenters. The number of anilines is 2. The molecule has 0 spiro atoms. The number of nitrogens with one attached hydrogen (secondary N) is 2. The van der Waals surface area contributed by atoms with Crippen LogP contribution in [0.1, 0.15) is 10.5 Å². The largest absolute Gasteiger partial charge is 0.323 e. The first-order valence-corrected chi connectivity index (χ1v) is 6.51. The normalized spacial score (nSPS) is 10.0. The summed E-state index contributed by atoms with van der Waals surface area (Å²) in [5.74, 6) is -1.79. The fourth-order valence-electron chi connectivity index (χ4n) is 1.60. The number of benzene rings is 1. The van der Waals surface area contributed by atoms with Crippen LogP contribution in [0.25, 0.3) is 0 Å². The number of rotatable bonds is 4. The third-order valence-corrected chi connectivity index (χ3v) is 2.77. The van der Waals surface area contributed by atoms with E-state index in [9.17, 15) is 14.0 Å². The number of carbonyl (C=O) groups excluding carboxylic acids is 2. The predicted molar refractivity (Wildman–Crippen MR) is 77.9 cm³/mol. The van der Waals surface area contributed by atoms with Gasteiger partial charge in [-0.15, -0.1) is 11.6 Å². The molecule has 2 rings (SSSR count). The topological polar surface area (TPSA) is 71.1 Å². The highest BCUT2D eigenvalue weighted by Crippen LogP contribution is 2.23. The molecule has 1 aromatic heterocycles. The van der Waals surface area contributed by atoms with Gasteiger partial charge in [0.15, 0.2) is 0 Å². The van der Waals surface area contributed by atoms with E-state index < -0.39 is 17.6 Å². The second-order valence-electron chi connectivity index (χ2n) is 4.04. The highest BCUT2D eigenvalue weighted by molar-refractivity contribution is 6.29.